The molecule has 0 saturated carbocycles. The predicted molar refractivity (Wildman–Crippen MR) is 133 cm³/mol. The maximum Gasteiger partial charge on any atom is 0.258 e. The first-order valence-corrected chi connectivity index (χ1v) is 11.0. The highest BCUT2D eigenvalue weighted by molar-refractivity contribution is 6.37. The third-order valence-electron chi connectivity index (χ3n) is 5.78. The number of aromatic amines is 1. The van der Waals surface area contributed by atoms with Crippen molar-refractivity contribution in [3.8, 4) is 11.3 Å². The molecule has 5 N–H and O–H groups in total. The van der Waals surface area contributed by atoms with Crippen molar-refractivity contribution in [2.24, 2.45) is 5.73 Å². The fourth-order valence-corrected chi connectivity index (χ4v) is 4.08. The number of nitrogens with two attached hydrogens (primary N) is 1. The van der Waals surface area contributed by atoms with Crippen LogP contribution in [-0.4, -0.2) is 22.4 Å². The molecule has 0 saturated heterocycles. The van der Waals surface area contributed by atoms with E-state index >= 15 is 0 Å². The molecule has 1 aromatic heterocycles. The molecule has 0 aliphatic carbocycles. The Bertz CT molecular complexity index is 1290. The molecule has 2 heterocycles. The van der Waals surface area contributed by atoms with Crippen LogP contribution in [-0.2, 0) is 11.2 Å². The van der Waals surface area contributed by atoms with Crippen LogP contribution in [0.15, 0.2) is 85.3 Å². The van der Waals surface area contributed by atoms with Crippen molar-refractivity contribution < 1.29 is 4.79 Å². The number of hydrogen-bond acceptors (Lipinski definition) is 4. The van der Waals surface area contributed by atoms with Gasteiger partial charge in [-0.25, -0.2) is 4.98 Å². The fraction of sp³-hybridized carbons (Fsp3) is 0.111. The van der Waals surface area contributed by atoms with Gasteiger partial charge in [-0.05, 0) is 48.7 Å². The Morgan fingerprint density at radius 1 is 0.970 bits per heavy atom. The van der Waals surface area contributed by atoms with Crippen LogP contribution in [0.5, 0.6) is 0 Å². The van der Waals surface area contributed by atoms with Crippen LogP contribution in [0.25, 0.3) is 22.5 Å². The first-order chi connectivity index (χ1) is 16.2. The van der Waals surface area contributed by atoms with Gasteiger partial charge in [-0.1, -0.05) is 54.6 Å². The Morgan fingerprint density at radius 2 is 1.76 bits per heavy atom. The minimum atomic E-state index is -0.112. The minimum Gasteiger partial charge on any atom is -0.354 e. The number of amides is 1. The molecular formula is C27H25N5O. The number of para-hydroxylation sites is 1. The average Bonchev–Trinajstić information content (AvgIpc) is 3.50. The van der Waals surface area contributed by atoms with Gasteiger partial charge in [0.05, 0.1) is 23.3 Å². The number of aryl methyl sites for hydroxylation is 1. The molecule has 0 unspecified atom stereocenters. The molecule has 6 heteroatoms. The molecule has 164 valence electrons. The van der Waals surface area contributed by atoms with Crippen LogP contribution in [0.3, 0.4) is 0 Å². The molecule has 6 nitrogen and oxygen atoms in total. The lowest BCUT2D eigenvalue weighted by molar-refractivity contribution is -0.110. The molecule has 3 aromatic carbocycles. The zero-order valence-electron chi connectivity index (χ0n) is 18.1. The number of imidazole rings is 1. The third kappa shape index (κ3) is 4.29. The normalized spacial score (nSPS) is 14.0. The maximum absolute atomic E-state index is 13.0. The van der Waals surface area contributed by atoms with Gasteiger partial charge in [-0.2, -0.15) is 0 Å². The van der Waals surface area contributed by atoms with Gasteiger partial charge in [-0.15, -0.1) is 0 Å². The topological polar surface area (TPSA) is 95.8 Å². The number of carbonyl (C=O) groups is 1. The van der Waals surface area contributed by atoms with Crippen LogP contribution in [0.4, 0.5) is 11.4 Å². The summed E-state index contributed by atoms with van der Waals surface area (Å²) in [5.74, 6) is -0.112. The molecule has 1 aliphatic rings. The van der Waals surface area contributed by atoms with Gasteiger partial charge < -0.3 is 21.4 Å². The molecule has 0 atom stereocenters. The Morgan fingerprint density at radius 3 is 2.48 bits per heavy atom. The Hall–Kier alpha value is -4.16. The number of nitrogens with zero attached hydrogens (tertiary/aromatic N) is 1. The zero-order valence-corrected chi connectivity index (χ0v) is 18.1. The molecule has 33 heavy (non-hydrogen) atoms. The summed E-state index contributed by atoms with van der Waals surface area (Å²) in [7, 11) is 0. The highest BCUT2D eigenvalue weighted by Gasteiger charge is 2.28. The number of fused-ring (bicyclic) bond motifs is 1. The molecule has 5 rings (SSSR count). The predicted octanol–water partition coefficient (Wildman–Crippen LogP) is 4.90. The number of benzene rings is 3. The molecule has 0 spiro atoms. The Balaban J connectivity index is 1.54. The number of hydrogen-bond donors (Lipinski definition) is 4. The number of H-pyrrole nitrogens is 1. The number of anilines is 2. The molecule has 0 radical (unpaired) electrons. The van der Waals surface area contributed by atoms with E-state index in [1.807, 2.05) is 54.7 Å². The quantitative estimate of drug-likeness (QED) is 0.311. The second kappa shape index (κ2) is 9.14. The minimum absolute atomic E-state index is 0.112. The lowest BCUT2D eigenvalue weighted by Crippen LogP contribution is -2.10. The first kappa shape index (κ1) is 20.7. The summed E-state index contributed by atoms with van der Waals surface area (Å²) < 4.78 is 0. The van der Waals surface area contributed by atoms with E-state index in [0.717, 1.165) is 52.3 Å². The van der Waals surface area contributed by atoms with E-state index in [1.165, 1.54) is 5.56 Å². The maximum atomic E-state index is 13.0. The Labute approximate surface area is 192 Å². The van der Waals surface area contributed by atoms with Gasteiger partial charge in [0.15, 0.2) is 0 Å². The van der Waals surface area contributed by atoms with Crippen molar-refractivity contribution >= 4 is 28.6 Å². The second-order valence-electron chi connectivity index (χ2n) is 8.00. The van der Waals surface area contributed by atoms with Crippen molar-refractivity contribution in [1.82, 2.24) is 9.97 Å². The van der Waals surface area contributed by atoms with Crippen LogP contribution in [0, 0.1) is 0 Å². The summed E-state index contributed by atoms with van der Waals surface area (Å²) in [6.07, 6.45) is 5.41. The van der Waals surface area contributed by atoms with Crippen molar-refractivity contribution in [1.29, 1.82) is 0 Å². The van der Waals surface area contributed by atoms with E-state index in [-0.39, 0.29) is 5.91 Å². The summed E-state index contributed by atoms with van der Waals surface area (Å²) in [5, 5.41) is 6.50. The molecule has 0 fully saturated rings. The van der Waals surface area contributed by atoms with E-state index in [4.69, 9.17) is 5.73 Å². The molecule has 1 amide bonds. The van der Waals surface area contributed by atoms with Crippen LogP contribution >= 0.6 is 0 Å². The fourth-order valence-electron chi connectivity index (χ4n) is 4.08. The van der Waals surface area contributed by atoms with Crippen molar-refractivity contribution in [3.05, 3.63) is 102 Å². The SMILES string of the molecule is NCCCc1ccc(/C(Nc2ccc(-c3c[nH]cn3)cc2)=C2/C(=O)Nc3ccccc32)cc1. The van der Waals surface area contributed by atoms with Gasteiger partial charge in [0, 0.05) is 28.7 Å². The number of carbonyl (C=O) groups excluding carboxylic acids is 1. The van der Waals surface area contributed by atoms with Gasteiger partial charge in [0.1, 0.15) is 0 Å². The highest BCUT2D eigenvalue weighted by Crippen LogP contribution is 2.37. The van der Waals surface area contributed by atoms with Crippen molar-refractivity contribution in [2.45, 2.75) is 12.8 Å². The third-order valence-corrected chi connectivity index (χ3v) is 5.78. The Kier molecular flexibility index (Phi) is 5.74. The van der Waals surface area contributed by atoms with Gasteiger partial charge >= 0.3 is 0 Å². The second-order valence-corrected chi connectivity index (χ2v) is 8.00. The van der Waals surface area contributed by atoms with Crippen molar-refractivity contribution in [2.75, 3.05) is 17.2 Å². The number of rotatable bonds is 7. The summed E-state index contributed by atoms with van der Waals surface area (Å²) in [5.41, 5.74) is 13.8. The molecule has 4 aromatic rings. The number of aromatic nitrogens is 2. The lowest BCUT2D eigenvalue weighted by Gasteiger charge is -2.15. The summed E-state index contributed by atoms with van der Waals surface area (Å²) >= 11 is 0. The van der Waals surface area contributed by atoms with Gasteiger partial charge in [0.25, 0.3) is 5.91 Å². The van der Waals surface area contributed by atoms with Gasteiger partial charge in [0.2, 0.25) is 0 Å². The smallest absolute Gasteiger partial charge is 0.258 e. The molecular weight excluding hydrogens is 410 g/mol. The number of nitrogens with one attached hydrogen (secondary N) is 3. The van der Waals surface area contributed by atoms with Crippen LogP contribution < -0.4 is 16.4 Å². The standard InChI is InChI=1S/C27H25N5O/c28-15-3-4-18-7-9-20(10-8-18)26(25-22-5-1-2-6-23(22)32-27(25)33)31-21-13-11-19(12-14-21)24-16-29-17-30-24/h1-2,5-14,16-17,31H,3-4,15,28H2,(H,29,30)(H,32,33)/b26-25-. The van der Waals surface area contributed by atoms with Crippen LogP contribution in [0.1, 0.15) is 23.1 Å². The summed E-state index contributed by atoms with van der Waals surface area (Å²) in [6, 6.07) is 24.1. The van der Waals surface area contributed by atoms with Crippen LogP contribution in [0.2, 0.25) is 0 Å². The lowest BCUT2D eigenvalue weighted by atomic mass is 9.98. The van der Waals surface area contributed by atoms with E-state index in [9.17, 15) is 4.79 Å². The summed E-state index contributed by atoms with van der Waals surface area (Å²) in [4.78, 5) is 20.3. The average molecular weight is 436 g/mol. The summed E-state index contributed by atoms with van der Waals surface area (Å²) in [6.45, 7) is 0.670. The molecule has 1 aliphatic heterocycles. The van der Waals surface area contributed by atoms with Crippen molar-refractivity contribution in [3.63, 3.8) is 0 Å². The highest BCUT2D eigenvalue weighted by atomic mass is 16.2. The van der Waals surface area contributed by atoms with Gasteiger partial charge in [-0.3, -0.25) is 4.79 Å². The van der Waals surface area contributed by atoms with E-state index < -0.39 is 0 Å². The van der Waals surface area contributed by atoms with E-state index in [0.29, 0.717) is 12.1 Å². The largest absolute Gasteiger partial charge is 0.354 e. The van der Waals surface area contributed by atoms with E-state index in [1.54, 1.807) is 6.33 Å². The van der Waals surface area contributed by atoms with E-state index in [2.05, 4.69) is 44.9 Å². The monoisotopic (exact) mass is 435 g/mol. The first-order valence-electron chi connectivity index (χ1n) is 11.0. The zero-order chi connectivity index (χ0) is 22.6. The molecule has 0 bridgehead atoms.